The molecular formula is C21H23FN2O3. The van der Waals surface area contributed by atoms with Crippen molar-refractivity contribution < 1.29 is 18.7 Å². The Morgan fingerprint density at radius 1 is 1.22 bits per heavy atom. The lowest BCUT2D eigenvalue weighted by Crippen LogP contribution is -2.43. The van der Waals surface area contributed by atoms with E-state index in [9.17, 15) is 14.0 Å². The van der Waals surface area contributed by atoms with Gasteiger partial charge in [0.25, 0.3) is 5.91 Å². The van der Waals surface area contributed by atoms with Crippen LogP contribution < -0.4 is 9.64 Å². The van der Waals surface area contributed by atoms with Gasteiger partial charge in [-0.2, -0.15) is 0 Å². The molecule has 142 valence electrons. The third kappa shape index (κ3) is 3.39. The van der Waals surface area contributed by atoms with Gasteiger partial charge in [0.1, 0.15) is 17.6 Å². The van der Waals surface area contributed by atoms with Crippen LogP contribution in [-0.2, 0) is 16.1 Å². The average Bonchev–Trinajstić information content (AvgIpc) is 2.89. The second kappa shape index (κ2) is 7.39. The second-order valence-corrected chi connectivity index (χ2v) is 6.87. The number of carbonyl (C=O) groups excluding carboxylic acids is 2. The lowest BCUT2D eigenvalue weighted by Gasteiger charge is -2.31. The van der Waals surface area contributed by atoms with Crippen molar-refractivity contribution in [1.82, 2.24) is 4.90 Å². The van der Waals surface area contributed by atoms with Crippen molar-refractivity contribution in [2.45, 2.75) is 39.4 Å². The molecule has 2 aromatic rings. The zero-order valence-corrected chi connectivity index (χ0v) is 15.9. The maximum atomic E-state index is 14.7. The molecule has 0 aromatic heterocycles. The largest absolute Gasteiger partial charge is 0.497 e. The molecule has 0 spiro atoms. The van der Waals surface area contributed by atoms with E-state index in [1.54, 1.807) is 31.4 Å². The first-order valence-electron chi connectivity index (χ1n) is 8.86. The van der Waals surface area contributed by atoms with Crippen LogP contribution in [0.15, 0.2) is 42.5 Å². The standard InChI is InChI=1S/C21H23FN2O3/c1-13(2)24(14(3)25)20-17-6-5-7-18(22)19(17)23(21(20)26)12-15-8-10-16(27-4)11-9-15/h5-11,13,20H,12H2,1-4H3. The lowest BCUT2D eigenvalue weighted by molar-refractivity contribution is -0.139. The number of benzene rings is 2. The number of methoxy groups -OCH3 is 1. The normalized spacial score (nSPS) is 15.9. The molecule has 3 rings (SSSR count). The Bertz CT molecular complexity index is 864. The molecule has 2 amide bonds. The molecule has 0 saturated heterocycles. The van der Waals surface area contributed by atoms with Crippen LogP contribution in [0.1, 0.15) is 37.9 Å². The van der Waals surface area contributed by atoms with Gasteiger partial charge in [0.15, 0.2) is 0 Å². The smallest absolute Gasteiger partial charge is 0.254 e. The summed E-state index contributed by atoms with van der Waals surface area (Å²) in [6.45, 7) is 5.34. The van der Waals surface area contributed by atoms with Crippen molar-refractivity contribution in [1.29, 1.82) is 0 Å². The summed E-state index contributed by atoms with van der Waals surface area (Å²) in [4.78, 5) is 28.4. The Morgan fingerprint density at radius 3 is 2.44 bits per heavy atom. The predicted octanol–water partition coefficient (Wildman–Crippen LogP) is 3.68. The Labute approximate surface area is 158 Å². The maximum Gasteiger partial charge on any atom is 0.254 e. The molecule has 0 aliphatic carbocycles. The van der Waals surface area contributed by atoms with Crippen molar-refractivity contribution in [2.24, 2.45) is 0 Å². The van der Waals surface area contributed by atoms with Crippen molar-refractivity contribution in [3.05, 3.63) is 59.4 Å². The first-order chi connectivity index (χ1) is 12.8. The predicted molar refractivity (Wildman–Crippen MR) is 101 cm³/mol. The molecule has 0 bridgehead atoms. The summed E-state index contributed by atoms with van der Waals surface area (Å²) in [6, 6.07) is 10.9. The van der Waals surface area contributed by atoms with E-state index >= 15 is 0 Å². The fourth-order valence-electron chi connectivity index (χ4n) is 3.61. The molecule has 0 fully saturated rings. The number of anilines is 1. The number of amides is 2. The summed E-state index contributed by atoms with van der Waals surface area (Å²) >= 11 is 0. The van der Waals surface area contributed by atoms with E-state index in [1.165, 1.54) is 22.8 Å². The Morgan fingerprint density at radius 2 is 1.89 bits per heavy atom. The van der Waals surface area contributed by atoms with Crippen LogP contribution in [0.25, 0.3) is 0 Å². The van der Waals surface area contributed by atoms with E-state index in [1.807, 2.05) is 26.0 Å². The lowest BCUT2D eigenvalue weighted by atomic mass is 10.0. The van der Waals surface area contributed by atoms with Gasteiger partial charge < -0.3 is 14.5 Å². The minimum Gasteiger partial charge on any atom is -0.497 e. The van der Waals surface area contributed by atoms with Gasteiger partial charge in [-0.15, -0.1) is 0 Å². The van der Waals surface area contributed by atoms with E-state index in [0.29, 0.717) is 11.3 Å². The number of hydrogen-bond donors (Lipinski definition) is 0. The Hall–Kier alpha value is -2.89. The monoisotopic (exact) mass is 370 g/mol. The summed E-state index contributed by atoms with van der Waals surface area (Å²) in [5.41, 5.74) is 1.62. The van der Waals surface area contributed by atoms with Crippen molar-refractivity contribution in [3.63, 3.8) is 0 Å². The van der Waals surface area contributed by atoms with Crippen LogP contribution >= 0.6 is 0 Å². The van der Waals surface area contributed by atoms with Gasteiger partial charge in [0.05, 0.1) is 19.3 Å². The number of nitrogens with zero attached hydrogens (tertiary/aromatic N) is 2. The molecule has 6 heteroatoms. The molecule has 1 aliphatic heterocycles. The maximum absolute atomic E-state index is 14.7. The minimum absolute atomic E-state index is 0.187. The summed E-state index contributed by atoms with van der Waals surface area (Å²) in [7, 11) is 1.58. The van der Waals surface area contributed by atoms with Gasteiger partial charge in [-0.25, -0.2) is 4.39 Å². The zero-order valence-electron chi connectivity index (χ0n) is 15.9. The van der Waals surface area contributed by atoms with Crippen LogP contribution in [0.3, 0.4) is 0 Å². The molecule has 27 heavy (non-hydrogen) atoms. The highest BCUT2D eigenvalue weighted by Crippen LogP contribution is 2.42. The van der Waals surface area contributed by atoms with Crippen LogP contribution in [0.4, 0.5) is 10.1 Å². The van der Waals surface area contributed by atoms with Gasteiger partial charge in [-0.1, -0.05) is 24.3 Å². The van der Waals surface area contributed by atoms with Gasteiger partial charge in [0.2, 0.25) is 5.91 Å². The highest BCUT2D eigenvalue weighted by Gasteiger charge is 2.44. The zero-order chi connectivity index (χ0) is 19.7. The van der Waals surface area contributed by atoms with Gasteiger partial charge >= 0.3 is 0 Å². The first kappa shape index (κ1) is 18.9. The highest BCUT2D eigenvalue weighted by atomic mass is 19.1. The first-order valence-corrected chi connectivity index (χ1v) is 8.86. The number of carbonyl (C=O) groups is 2. The topological polar surface area (TPSA) is 49.9 Å². The molecule has 1 aliphatic rings. The summed E-state index contributed by atoms with van der Waals surface area (Å²) in [6.07, 6.45) is 0. The molecule has 1 heterocycles. The van der Waals surface area contributed by atoms with E-state index in [-0.39, 0.29) is 30.1 Å². The third-order valence-corrected chi connectivity index (χ3v) is 4.78. The van der Waals surface area contributed by atoms with Crippen molar-refractivity contribution >= 4 is 17.5 Å². The fraction of sp³-hybridized carbons (Fsp3) is 0.333. The molecule has 0 saturated carbocycles. The summed E-state index contributed by atoms with van der Waals surface area (Å²) < 4.78 is 19.8. The molecule has 5 nitrogen and oxygen atoms in total. The van der Waals surface area contributed by atoms with E-state index in [4.69, 9.17) is 4.74 Å². The van der Waals surface area contributed by atoms with Gasteiger partial charge in [-0.05, 0) is 37.6 Å². The van der Waals surface area contributed by atoms with Crippen molar-refractivity contribution in [3.8, 4) is 5.75 Å². The van der Waals surface area contributed by atoms with E-state index < -0.39 is 11.9 Å². The number of halogens is 1. The van der Waals surface area contributed by atoms with Crippen LogP contribution in [-0.4, -0.2) is 29.9 Å². The molecule has 1 atom stereocenters. The SMILES string of the molecule is COc1ccc(CN2C(=O)C(N(C(C)=O)C(C)C)c3cccc(F)c32)cc1. The molecule has 0 N–H and O–H groups in total. The molecule has 1 unspecified atom stereocenters. The van der Waals surface area contributed by atoms with E-state index in [0.717, 1.165) is 5.56 Å². The molecule has 2 aromatic carbocycles. The number of para-hydroxylation sites is 1. The number of rotatable bonds is 5. The summed E-state index contributed by atoms with van der Waals surface area (Å²) in [5, 5.41) is 0. The molecule has 0 radical (unpaired) electrons. The highest BCUT2D eigenvalue weighted by molar-refractivity contribution is 6.06. The quantitative estimate of drug-likeness (QED) is 0.807. The minimum atomic E-state index is -0.813. The Kier molecular flexibility index (Phi) is 5.17. The van der Waals surface area contributed by atoms with Crippen LogP contribution in [0, 0.1) is 5.82 Å². The fourth-order valence-corrected chi connectivity index (χ4v) is 3.61. The number of fused-ring (bicyclic) bond motifs is 1. The third-order valence-electron chi connectivity index (χ3n) is 4.78. The molecular weight excluding hydrogens is 347 g/mol. The second-order valence-electron chi connectivity index (χ2n) is 6.87. The number of hydrogen-bond acceptors (Lipinski definition) is 3. The summed E-state index contributed by atoms with van der Waals surface area (Å²) in [5.74, 6) is -0.276. The van der Waals surface area contributed by atoms with Crippen molar-refractivity contribution in [2.75, 3.05) is 12.0 Å². The number of ether oxygens (including phenoxy) is 1. The van der Waals surface area contributed by atoms with Gasteiger partial charge in [0, 0.05) is 18.5 Å². The van der Waals surface area contributed by atoms with Crippen LogP contribution in [0.2, 0.25) is 0 Å². The average molecular weight is 370 g/mol. The Balaban J connectivity index is 2.03. The van der Waals surface area contributed by atoms with Gasteiger partial charge in [-0.3, -0.25) is 9.59 Å². The van der Waals surface area contributed by atoms with Crippen LogP contribution in [0.5, 0.6) is 5.75 Å². The van der Waals surface area contributed by atoms with E-state index in [2.05, 4.69) is 0 Å².